The van der Waals surface area contributed by atoms with E-state index in [-0.39, 0.29) is 12.4 Å². The molecule has 0 aliphatic rings. The Morgan fingerprint density at radius 2 is 2.00 bits per heavy atom. The number of benzene rings is 1. The van der Waals surface area contributed by atoms with Gasteiger partial charge in [-0.05, 0) is 49.6 Å². The summed E-state index contributed by atoms with van der Waals surface area (Å²) >= 11 is 6.66. The van der Waals surface area contributed by atoms with Crippen molar-refractivity contribution in [3.63, 3.8) is 0 Å². The van der Waals surface area contributed by atoms with Gasteiger partial charge in [0.1, 0.15) is 0 Å². The quantitative estimate of drug-likeness (QED) is 0.672. The van der Waals surface area contributed by atoms with Crippen LogP contribution in [0.5, 0.6) is 0 Å². The van der Waals surface area contributed by atoms with Crippen molar-refractivity contribution >= 4 is 43.5 Å². The summed E-state index contributed by atoms with van der Waals surface area (Å²) in [7, 11) is 1.35. The molecule has 0 atom stereocenters. The highest BCUT2D eigenvalue weighted by Gasteiger charge is 2.08. The van der Waals surface area contributed by atoms with E-state index in [4.69, 9.17) is 5.73 Å². The fraction of sp³-hybridized carbons (Fsp3) is 0.222. The molecule has 0 amide bonds. The van der Waals surface area contributed by atoms with Crippen molar-refractivity contribution in [1.29, 1.82) is 0 Å². The van der Waals surface area contributed by atoms with Crippen molar-refractivity contribution in [3.8, 4) is 0 Å². The molecule has 14 heavy (non-hydrogen) atoms. The van der Waals surface area contributed by atoms with Crippen LogP contribution in [0.25, 0.3) is 0 Å². The van der Waals surface area contributed by atoms with Crippen LogP contribution in [-0.4, -0.2) is 13.1 Å². The lowest BCUT2D eigenvalue weighted by molar-refractivity contribution is -0.139. The van der Waals surface area contributed by atoms with Crippen LogP contribution in [0.4, 0.5) is 5.69 Å². The maximum atomic E-state index is 11.0. The monoisotopic (exact) mass is 321 g/mol. The Balaban J connectivity index is 2.98. The predicted octanol–water partition coefficient (Wildman–Crippen LogP) is 2.51. The van der Waals surface area contributed by atoms with Crippen LogP contribution in [0.3, 0.4) is 0 Å². The Hall–Kier alpha value is -0.550. The van der Waals surface area contributed by atoms with Crippen LogP contribution in [0.15, 0.2) is 21.1 Å². The van der Waals surface area contributed by atoms with Gasteiger partial charge in [0.05, 0.1) is 13.5 Å². The highest BCUT2D eigenvalue weighted by Crippen LogP contribution is 2.28. The molecule has 1 rings (SSSR count). The second-order valence-electron chi connectivity index (χ2n) is 2.72. The van der Waals surface area contributed by atoms with Gasteiger partial charge in [-0.3, -0.25) is 4.79 Å². The number of carbonyl (C=O) groups excluding carboxylic acids is 1. The number of hydrogen-bond acceptors (Lipinski definition) is 3. The third-order valence-electron chi connectivity index (χ3n) is 1.74. The van der Waals surface area contributed by atoms with E-state index < -0.39 is 0 Å². The number of halogens is 2. The SMILES string of the molecule is COC(=O)Cc1cc(Br)c(Br)cc1N. The van der Waals surface area contributed by atoms with Gasteiger partial charge in [-0.1, -0.05) is 0 Å². The topological polar surface area (TPSA) is 52.3 Å². The van der Waals surface area contributed by atoms with Gasteiger partial charge in [0.15, 0.2) is 0 Å². The Bertz CT molecular complexity index is 366. The minimum absolute atomic E-state index is 0.189. The van der Waals surface area contributed by atoms with Gasteiger partial charge in [0.25, 0.3) is 0 Å². The predicted molar refractivity (Wildman–Crippen MR) is 62.0 cm³/mol. The van der Waals surface area contributed by atoms with E-state index in [9.17, 15) is 4.79 Å². The van der Waals surface area contributed by atoms with Gasteiger partial charge in [0.2, 0.25) is 0 Å². The number of nitrogens with two attached hydrogens (primary N) is 1. The van der Waals surface area contributed by atoms with Crippen LogP contribution in [0.2, 0.25) is 0 Å². The summed E-state index contributed by atoms with van der Waals surface area (Å²) < 4.78 is 6.29. The lowest BCUT2D eigenvalue weighted by Gasteiger charge is -2.06. The first-order valence-corrected chi connectivity index (χ1v) is 5.43. The molecule has 0 spiro atoms. The van der Waals surface area contributed by atoms with Crippen molar-refractivity contribution in [1.82, 2.24) is 0 Å². The van der Waals surface area contributed by atoms with E-state index in [0.717, 1.165) is 14.5 Å². The number of rotatable bonds is 2. The number of ether oxygens (including phenoxy) is 1. The van der Waals surface area contributed by atoms with Gasteiger partial charge >= 0.3 is 5.97 Å². The van der Waals surface area contributed by atoms with E-state index in [1.54, 1.807) is 12.1 Å². The first-order chi connectivity index (χ1) is 6.54. The zero-order valence-electron chi connectivity index (χ0n) is 7.51. The molecule has 0 unspecified atom stereocenters. The zero-order valence-corrected chi connectivity index (χ0v) is 10.7. The van der Waals surface area contributed by atoms with Crippen molar-refractivity contribution in [2.75, 3.05) is 12.8 Å². The van der Waals surface area contributed by atoms with Gasteiger partial charge in [-0.15, -0.1) is 0 Å². The molecular weight excluding hydrogens is 314 g/mol. The summed E-state index contributed by atoms with van der Waals surface area (Å²) in [5, 5.41) is 0. The molecule has 76 valence electrons. The van der Waals surface area contributed by atoms with Crippen molar-refractivity contribution in [2.24, 2.45) is 0 Å². The number of hydrogen-bond donors (Lipinski definition) is 1. The first-order valence-electron chi connectivity index (χ1n) is 3.84. The average molecular weight is 323 g/mol. The molecule has 0 aliphatic carbocycles. The Kier molecular flexibility index (Phi) is 3.95. The molecule has 0 saturated carbocycles. The third-order valence-corrected chi connectivity index (χ3v) is 3.59. The van der Waals surface area contributed by atoms with Crippen molar-refractivity contribution in [3.05, 3.63) is 26.6 Å². The highest BCUT2D eigenvalue weighted by atomic mass is 79.9. The van der Waals surface area contributed by atoms with E-state index in [0.29, 0.717) is 5.69 Å². The molecule has 0 aliphatic heterocycles. The van der Waals surface area contributed by atoms with E-state index in [2.05, 4.69) is 36.6 Å². The smallest absolute Gasteiger partial charge is 0.310 e. The molecule has 1 aromatic rings. The average Bonchev–Trinajstić information content (AvgIpc) is 2.14. The minimum Gasteiger partial charge on any atom is -0.469 e. The van der Waals surface area contributed by atoms with Gasteiger partial charge in [-0.25, -0.2) is 0 Å². The fourth-order valence-corrected chi connectivity index (χ4v) is 1.74. The van der Waals surface area contributed by atoms with E-state index in [1.807, 2.05) is 0 Å². The van der Waals surface area contributed by atoms with Gasteiger partial charge in [-0.2, -0.15) is 0 Å². The molecule has 0 fully saturated rings. The standard InChI is InChI=1S/C9H9Br2NO2/c1-14-9(13)3-5-2-6(10)7(11)4-8(5)12/h2,4H,3,12H2,1H3. The summed E-state index contributed by atoms with van der Waals surface area (Å²) in [4.78, 5) is 11.0. The summed E-state index contributed by atoms with van der Waals surface area (Å²) in [6.45, 7) is 0. The molecular formula is C9H9Br2NO2. The van der Waals surface area contributed by atoms with Crippen molar-refractivity contribution in [2.45, 2.75) is 6.42 Å². The summed E-state index contributed by atoms with van der Waals surface area (Å²) in [6, 6.07) is 3.55. The second kappa shape index (κ2) is 4.79. The molecule has 0 aromatic heterocycles. The zero-order chi connectivity index (χ0) is 10.7. The van der Waals surface area contributed by atoms with Crippen LogP contribution >= 0.6 is 31.9 Å². The molecule has 0 heterocycles. The van der Waals surface area contributed by atoms with E-state index in [1.165, 1.54) is 7.11 Å². The van der Waals surface area contributed by atoms with Crippen molar-refractivity contribution < 1.29 is 9.53 Å². The molecule has 1 aromatic carbocycles. The molecule has 0 saturated heterocycles. The van der Waals surface area contributed by atoms with Crippen LogP contribution in [0.1, 0.15) is 5.56 Å². The first kappa shape index (κ1) is 11.5. The molecule has 5 heteroatoms. The van der Waals surface area contributed by atoms with Gasteiger partial charge in [0, 0.05) is 14.6 Å². The maximum absolute atomic E-state index is 11.0. The van der Waals surface area contributed by atoms with Gasteiger partial charge < -0.3 is 10.5 Å². The minimum atomic E-state index is -0.300. The third kappa shape index (κ3) is 2.72. The number of methoxy groups -OCH3 is 1. The molecule has 3 nitrogen and oxygen atoms in total. The molecule has 0 radical (unpaired) electrons. The Morgan fingerprint density at radius 3 is 2.57 bits per heavy atom. The summed E-state index contributed by atoms with van der Waals surface area (Å²) in [6.07, 6.45) is 0.189. The van der Waals surface area contributed by atoms with Crippen LogP contribution < -0.4 is 5.73 Å². The largest absolute Gasteiger partial charge is 0.469 e. The lowest BCUT2D eigenvalue weighted by Crippen LogP contribution is -2.06. The van der Waals surface area contributed by atoms with Crippen LogP contribution in [0, 0.1) is 0 Å². The van der Waals surface area contributed by atoms with Crippen LogP contribution in [-0.2, 0) is 16.0 Å². The molecule has 0 bridgehead atoms. The summed E-state index contributed by atoms with van der Waals surface area (Å²) in [5.41, 5.74) is 7.07. The fourth-order valence-electron chi connectivity index (χ4n) is 0.984. The number of esters is 1. The summed E-state index contributed by atoms with van der Waals surface area (Å²) in [5.74, 6) is -0.300. The Morgan fingerprint density at radius 1 is 1.43 bits per heavy atom. The number of nitrogen functional groups attached to an aromatic ring is 1. The Labute approximate surface area is 98.9 Å². The number of carbonyl (C=O) groups is 1. The number of anilines is 1. The molecule has 2 N–H and O–H groups in total. The highest BCUT2D eigenvalue weighted by molar-refractivity contribution is 9.13. The normalized spacial score (nSPS) is 9.93. The maximum Gasteiger partial charge on any atom is 0.310 e. The second-order valence-corrected chi connectivity index (χ2v) is 4.43. The lowest BCUT2D eigenvalue weighted by atomic mass is 10.1. The van der Waals surface area contributed by atoms with E-state index >= 15 is 0 Å².